The number of hydrogen-bond donors (Lipinski definition) is 1. The zero-order valence-electron chi connectivity index (χ0n) is 14.7. The van der Waals surface area contributed by atoms with Gasteiger partial charge in [-0.25, -0.2) is 4.79 Å². The van der Waals surface area contributed by atoms with Crippen LogP contribution in [0, 0.1) is 11.3 Å². The number of aromatic nitrogens is 1. The highest BCUT2D eigenvalue weighted by molar-refractivity contribution is 6.06. The Morgan fingerprint density at radius 1 is 1.19 bits per heavy atom. The number of nitriles is 1. The third kappa shape index (κ3) is 4.10. The number of fused-ring (bicyclic) bond motifs is 1. The number of methoxy groups -OCH3 is 1. The molecular weight excluding hydrogens is 342 g/mol. The van der Waals surface area contributed by atoms with Crippen molar-refractivity contribution in [3.63, 3.8) is 0 Å². The molecule has 0 saturated carbocycles. The summed E-state index contributed by atoms with van der Waals surface area (Å²) < 4.78 is 4.83. The molecular formula is C21H17N3O3. The molecule has 0 saturated heterocycles. The lowest BCUT2D eigenvalue weighted by molar-refractivity contribution is -0.142. The molecule has 2 aromatic carbocycles. The minimum atomic E-state index is -0.879. The van der Waals surface area contributed by atoms with Crippen molar-refractivity contribution < 1.29 is 14.3 Å². The van der Waals surface area contributed by atoms with Crippen LogP contribution in [0.4, 0.5) is 0 Å². The molecule has 3 aromatic rings. The Morgan fingerprint density at radius 3 is 2.74 bits per heavy atom. The van der Waals surface area contributed by atoms with E-state index >= 15 is 0 Å². The van der Waals surface area contributed by atoms with Crippen molar-refractivity contribution in [2.24, 2.45) is 0 Å². The monoisotopic (exact) mass is 359 g/mol. The van der Waals surface area contributed by atoms with Crippen LogP contribution in [0.25, 0.3) is 10.9 Å². The highest BCUT2D eigenvalue weighted by Gasteiger charge is 2.23. The van der Waals surface area contributed by atoms with Crippen molar-refractivity contribution in [1.29, 1.82) is 5.26 Å². The van der Waals surface area contributed by atoms with Crippen molar-refractivity contribution in [3.8, 4) is 6.07 Å². The molecule has 0 unspecified atom stereocenters. The number of para-hydroxylation sites is 1. The summed E-state index contributed by atoms with van der Waals surface area (Å²) in [5.41, 5.74) is 2.18. The molecule has 1 heterocycles. The van der Waals surface area contributed by atoms with Crippen LogP contribution in [0.3, 0.4) is 0 Å². The highest BCUT2D eigenvalue weighted by Crippen LogP contribution is 2.16. The third-order valence-corrected chi connectivity index (χ3v) is 4.16. The zero-order chi connectivity index (χ0) is 19.2. The predicted molar refractivity (Wildman–Crippen MR) is 99.9 cm³/mol. The fourth-order valence-electron chi connectivity index (χ4n) is 2.86. The first-order chi connectivity index (χ1) is 13.1. The molecule has 27 heavy (non-hydrogen) atoms. The summed E-state index contributed by atoms with van der Waals surface area (Å²) in [6.07, 6.45) is 1.83. The summed E-state index contributed by atoms with van der Waals surface area (Å²) in [5.74, 6) is -0.968. The average molecular weight is 359 g/mol. The predicted octanol–water partition coefficient (Wildman–Crippen LogP) is 2.62. The summed E-state index contributed by atoms with van der Waals surface area (Å²) in [5, 5.41) is 12.6. The van der Waals surface area contributed by atoms with Crippen LogP contribution in [0.5, 0.6) is 0 Å². The van der Waals surface area contributed by atoms with Crippen molar-refractivity contribution in [2.75, 3.05) is 7.11 Å². The summed E-state index contributed by atoms with van der Waals surface area (Å²) >= 11 is 0. The maximum absolute atomic E-state index is 12.8. The lowest BCUT2D eigenvalue weighted by atomic mass is 10.0. The van der Waals surface area contributed by atoms with Gasteiger partial charge in [-0.3, -0.25) is 9.78 Å². The number of nitrogens with one attached hydrogen (secondary N) is 1. The van der Waals surface area contributed by atoms with Gasteiger partial charge in [0, 0.05) is 18.0 Å². The number of esters is 1. The van der Waals surface area contributed by atoms with E-state index in [0.29, 0.717) is 16.6 Å². The number of nitrogens with zero attached hydrogens (tertiary/aromatic N) is 2. The smallest absolute Gasteiger partial charge is 0.328 e. The second kappa shape index (κ2) is 8.11. The van der Waals surface area contributed by atoms with E-state index in [1.54, 1.807) is 48.7 Å². The number of hydrogen-bond acceptors (Lipinski definition) is 5. The SMILES string of the molecule is COC(=O)[C@@H](Cc1cccc(C#N)c1)NC(=O)c1cccc2cccnc12. The van der Waals surface area contributed by atoms with E-state index in [-0.39, 0.29) is 6.42 Å². The molecule has 0 aliphatic heterocycles. The third-order valence-electron chi connectivity index (χ3n) is 4.16. The van der Waals surface area contributed by atoms with Gasteiger partial charge in [0.2, 0.25) is 0 Å². The van der Waals surface area contributed by atoms with Crippen LogP contribution in [-0.4, -0.2) is 30.0 Å². The number of carbonyl (C=O) groups excluding carboxylic acids is 2. The summed E-state index contributed by atoms with van der Waals surface area (Å²) in [6, 6.07) is 17.0. The van der Waals surface area contributed by atoms with Crippen LogP contribution in [0.2, 0.25) is 0 Å². The van der Waals surface area contributed by atoms with E-state index in [9.17, 15) is 9.59 Å². The molecule has 6 heteroatoms. The molecule has 6 nitrogen and oxygen atoms in total. The van der Waals surface area contributed by atoms with Gasteiger partial charge < -0.3 is 10.1 Å². The fourth-order valence-corrected chi connectivity index (χ4v) is 2.86. The molecule has 0 aliphatic rings. The minimum absolute atomic E-state index is 0.214. The number of pyridine rings is 1. The molecule has 1 amide bonds. The van der Waals surface area contributed by atoms with Gasteiger partial charge >= 0.3 is 5.97 Å². The summed E-state index contributed by atoms with van der Waals surface area (Å²) in [4.78, 5) is 29.2. The quantitative estimate of drug-likeness (QED) is 0.707. The van der Waals surface area contributed by atoms with E-state index in [1.165, 1.54) is 7.11 Å². The molecule has 0 spiro atoms. The highest BCUT2D eigenvalue weighted by atomic mass is 16.5. The van der Waals surface area contributed by atoms with Crippen LogP contribution in [0.15, 0.2) is 60.8 Å². The van der Waals surface area contributed by atoms with Crippen LogP contribution < -0.4 is 5.32 Å². The van der Waals surface area contributed by atoms with Gasteiger partial charge in [-0.15, -0.1) is 0 Å². The van der Waals surface area contributed by atoms with Gasteiger partial charge in [0.15, 0.2) is 0 Å². The number of ether oxygens (including phenoxy) is 1. The Labute approximate surface area is 156 Å². The molecule has 0 bridgehead atoms. The summed E-state index contributed by atoms with van der Waals surface area (Å²) in [7, 11) is 1.27. The lowest BCUT2D eigenvalue weighted by Gasteiger charge is -2.17. The van der Waals surface area contributed by atoms with E-state index in [0.717, 1.165) is 10.9 Å². The molecule has 0 radical (unpaired) electrons. The van der Waals surface area contributed by atoms with Crippen LogP contribution in [-0.2, 0) is 16.0 Å². The molecule has 3 rings (SSSR count). The maximum atomic E-state index is 12.8. The topological polar surface area (TPSA) is 92.1 Å². The first kappa shape index (κ1) is 18.1. The Bertz CT molecular complexity index is 1030. The minimum Gasteiger partial charge on any atom is -0.467 e. The van der Waals surface area contributed by atoms with Crippen molar-refractivity contribution in [2.45, 2.75) is 12.5 Å². The first-order valence-corrected chi connectivity index (χ1v) is 8.34. The molecule has 1 atom stereocenters. The van der Waals surface area contributed by atoms with Crippen LogP contribution in [0.1, 0.15) is 21.5 Å². The summed E-state index contributed by atoms with van der Waals surface area (Å²) in [6.45, 7) is 0. The number of carbonyl (C=O) groups is 2. The van der Waals surface area contributed by atoms with Crippen molar-refractivity contribution in [3.05, 3.63) is 77.5 Å². The first-order valence-electron chi connectivity index (χ1n) is 8.34. The normalized spacial score (nSPS) is 11.4. The molecule has 1 aromatic heterocycles. The van der Waals surface area contributed by atoms with Gasteiger partial charge in [0.05, 0.1) is 29.8 Å². The van der Waals surface area contributed by atoms with Crippen molar-refractivity contribution >= 4 is 22.8 Å². The average Bonchev–Trinajstić information content (AvgIpc) is 2.72. The lowest BCUT2D eigenvalue weighted by Crippen LogP contribution is -2.43. The fraction of sp³-hybridized carbons (Fsp3) is 0.143. The second-order valence-corrected chi connectivity index (χ2v) is 5.95. The molecule has 0 aliphatic carbocycles. The van der Waals surface area contributed by atoms with Gasteiger partial charge in [0.1, 0.15) is 6.04 Å². The van der Waals surface area contributed by atoms with E-state index in [2.05, 4.69) is 16.4 Å². The number of benzene rings is 2. The zero-order valence-corrected chi connectivity index (χ0v) is 14.7. The Hall–Kier alpha value is -3.72. The Balaban J connectivity index is 1.86. The van der Waals surface area contributed by atoms with Gasteiger partial charge in [0.25, 0.3) is 5.91 Å². The second-order valence-electron chi connectivity index (χ2n) is 5.95. The van der Waals surface area contributed by atoms with E-state index in [1.807, 2.05) is 12.1 Å². The molecule has 1 N–H and O–H groups in total. The van der Waals surface area contributed by atoms with Crippen molar-refractivity contribution in [1.82, 2.24) is 10.3 Å². The van der Waals surface area contributed by atoms with Gasteiger partial charge in [-0.05, 0) is 29.8 Å². The molecule has 134 valence electrons. The van der Waals surface area contributed by atoms with E-state index in [4.69, 9.17) is 10.00 Å². The van der Waals surface area contributed by atoms with Crippen LogP contribution >= 0.6 is 0 Å². The maximum Gasteiger partial charge on any atom is 0.328 e. The van der Waals surface area contributed by atoms with Gasteiger partial charge in [-0.1, -0.05) is 30.3 Å². The Morgan fingerprint density at radius 2 is 1.96 bits per heavy atom. The number of amides is 1. The largest absolute Gasteiger partial charge is 0.467 e. The number of rotatable bonds is 5. The standard InChI is InChI=1S/C21H17N3O3/c1-27-21(26)18(12-14-5-2-6-15(11-14)13-22)24-20(25)17-9-3-7-16-8-4-10-23-19(16)17/h2-11,18H,12H2,1H3,(H,24,25)/t18-/m1/s1. The van der Waals surface area contributed by atoms with E-state index < -0.39 is 17.9 Å². The molecule has 0 fully saturated rings. The van der Waals surface area contributed by atoms with Gasteiger partial charge in [-0.2, -0.15) is 5.26 Å². The Kier molecular flexibility index (Phi) is 5.43.